The summed E-state index contributed by atoms with van der Waals surface area (Å²) in [6.45, 7) is 0.657. The van der Waals surface area contributed by atoms with Crippen LogP contribution in [0.5, 0.6) is 5.75 Å². The molecule has 0 saturated carbocycles. The van der Waals surface area contributed by atoms with Crippen molar-refractivity contribution in [3.63, 3.8) is 0 Å². The quantitative estimate of drug-likeness (QED) is 0.389. The summed E-state index contributed by atoms with van der Waals surface area (Å²) in [5, 5.41) is 0. The zero-order chi connectivity index (χ0) is 8.55. The standard InChI is InChI=1S/C8H8O3S.Na/c9-12(10)7-1-2-8-6(5-7)3-4-11-8;/h1-2,5H,3-4H2,(H,9,10);/q;+1/p-1. The average molecular weight is 206 g/mol. The van der Waals surface area contributed by atoms with Crippen LogP contribution < -0.4 is 34.3 Å². The number of ether oxygens (including phenoxy) is 1. The van der Waals surface area contributed by atoms with Gasteiger partial charge in [-0.05, 0) is 34.8 Å². The zero-order valence-corrected chi connectivity index (χ0v) is 10.1. The topological polar surface area (TPSA) is 49.4 Å². The molecular weight excluding hydrogens is 199 g/mol. The number of hydrogen-bond donors (Lipinski definition) is 0. The summed E-state index contributed by atoms with van der Waals surface area (Å²) < 4.78 is 26.4. The van der Waals surface area contributed by atoms with Crippen molar-refractivity contribution in [2.75, 3.05) is 6.61 Å². The Balaban J connectivity index is 0.000000845. The second-order valence-electron chi connectivity index (χ2n) is 2.60. The summed E-state index contributed by atoms with van der Waals surface area (Å²) in [5.74, 6) is 0.809. The van der Waals surface area contributed by atoms with Crippen LogP contribution in [-0.4, -0.2) is 15.4 Å². The van der Waals surface area contributed by atoms with E-state index in [9.17, 15) is 8.76 Å². The summed E-state index contributed by atoms with van der Waals surface area (Å²) in [7, 11) is 0. The molecule has 1 aromatic rings. The number of rotatable bonds is 1. The van der Waals surface area contributed by atoms with Crippen LogP contribution in [0.2, 0.25) is 0 Å². The van der Waals surface area contributed by atoms with Crippen LogP contribution in [0.25, 0.3) is 0 Å². The maximum absolute atomic E-state index is 10.6. The predicted molar refractivity (Wildman–Crippen MR) is 42.8 cm³/mol. The van der Waals surface area contributed by atoms with Gasteiger partial charge in [0, 0.05) is 11.3 Å². The molecule has 1 heterocycles. The molecule has 1 unspecified atom stereocenters. The average Bonchev–Trinajstić information content (AvgIpc) is 2.49. The van der Waals surface area contributed by atoms with Gasteiger partial charge in [0.2, 0.25) is 0 Å². The van der Waals surface area contributed by atoms with Crippen molar-refractivity contribution in [3.8, 4) is 5.75 Å². The largest absolute Gasteiger partial charge is 1.00 e. The summed E-state index contributed by atoms with van der Waals surface area (Å²) in [4.78, 5) is 0.333. The fraction of sp³-hybridized carbons (Fsp3) is 0.250. The van der Waals surface area contributed by atoms with Crippen molar-refractivity contribution in [2.24, 2.45) is 0 Å². The molecule has 0 spiro atoms. The van der Waals surface area contributed by atoms with Crippen LogP contribution in [0.15, 0.2) is 23.1 Å². The minimum atomic E-state index is -2.13. The first-order valence-electron chi connectivity index (χ1n) is 3.62. The molecule has 0 bridgehead atoms. The summed E-state index contributed by atoms with van der Waals surface area (Å²) in [6.07, 6.45) is 0.806. The van der Waals surface area contributed by atoms with Crippen LogP contribution in [0.1, 0.15) is 5.56 Å². The SMILES string of the molecule is O=S([O-])c1ccc2c(c1)CCO2.[Na+]. The molecule has 0 saturated heterocycles. The smallest absolute Gasteiger partial charge is 0.768 e. The molecule has 13 heavy (non-hydrogen) atoms. The minimum absolute atomic E-state index is 0. The Bertz CT molecular complexity index is 340. The van der Waals surface area contributed by atoms with Gasteiger partial charge >= 0.3 is 29.6 Å². The molecule has 0 radical (unpaired) electrons. The Hall–Kier alpha value is 0.130. The Morgan fingerprint density at radius 2 is 2.23 bits per heavy atom. The van der Waals surface area contributed by atoms with Gasteiger partial charge in [-0.3, -0.25) is 4.21 Å². The van der Waals surface area contributed by atoms with Gasteiger partial charge in [-0.25, -0.2) is 0 Å². The van der Waals surface area contributed by atoms with Gasteiger partial charge in [-0.2, -0.15) is 0 Å². The second-order valence-corrected chi connectivity index (χ2v) is 3.54. The molecule has 5 heteroatoms. The summed E-state index contributed by atoms with van der Waals surface area (Å²) in [6, 6.07) is 4.91. The van der Waals surface area contributed by atoms with E-state index >= 15 is 0 Å². The molecule has 1 aliphatic rings. The third kappa shape index (κ3) is 2.33. The van der Waals surface area contributed by atoms with E-state index in [4.69, 9.17) is 4.74 Å². The molecule has 0 aromatic heterocycles. The van der Waals surface area contributed by atoms with Gasteiger partial charge < -0.3 is 9.29 Å². The molecule has 0 aliphatic carbocycles. The molecular formula is C8H7NaO3S. The van der Waals surface area contributed by atoms with Gasteiger partial charge in [0.25, 0.3) is 0 Å². The van der Waals surface area contributed by atoms with Crippen molar-refractivity contribution in [1.82, 2.24) is 0 Å². The first-order valence-corrected chi connectivity index (χ1v) is 4.70. The molecule has 0 amide bonds. The molecule has 3 nitrogen and oxygen atoms in total. The Labute approximate surface area is 101 Å². The molecule has 1 aromatic carbocycles. The summed E-state index contributed by atoms with van der Waals surface area (Å²) in [5.41, 5.74) is 0.983. The molecule has 1 atom stereocenters. The van der Waals surface area contributed by atoms with Crippen LogP contribution in [0.4, 0.5) is 0 Å². The van der Waals surface area contributed by atoms with E-state index in [1.165, 1.54) is 0 Å². The number of hydrogen-bond acceptors (Lipinski definition) is 3. The molecule has 0 fully saturated rings. The van der Waals surface area contributed by atoms with Crippen molar-refractivity contribution in [3.05, 3.63) is 23.8 Å². The van der Waals surface area contributed by atoms with E-state index in [-0.39, 0.29) is 29.6 Å². The first-order chi connectivity index (χ1) is 5.77. The van der Waals surface area contributed by atoms with Crippen molar-refractivity contribution < 1.29 is 43.1 Å². The Kier molecular flexibility index (Phi) is 3.94. The fourth-order valence-electron chi connectivity index (χ4n) is 1.27. The van der Waals surface area contributed by atoms with Gasteiger partial charge in [0.05, 0.1) is 6.61 Å². The first kappa shape index (κ1) is 11.2. The second kappa shape index (κ2) is 4.57. The molecule has 1 aliphatic heterocycles. The van der Waals surface area contributed by atoms with Crippen LogP contribution in [0.3, 0.4) is 0 Å². The van der Waals surface area contributed by atoms with E-state index in [1.807, 2.05) is 0 Å². The van der Waals surface area contributed by atoms with E-state index in [2.05, 4.69) is 0 Å². The number of benzene rings is 1. The van der Waals surface area contributed by atoms with Gasteiger partial charge in [0.1, 0.15) is 5.75 Å². The van der Waals surface area contributed by atoms with Gasteiger partial charge in [0.15, 0.2) is 0 Å². The Morgan fingerprint density at radius 1 is 1.46 bits per heavy atom. The number of fused-ring (bicyclic) bond motifs is 1. The molecule has 0 N–H and O–H groups in total. The van der Waals surface area contributed by atoms with Gasteiger partial charge in [-0.15, -0.1) is 0 Å². The van der Waals surface area contributed by atoms with Crippen LogP contribution >= 0.6 is 0 Å². The molecule has 64 valence electrons. The van der Waals surface area contributed by atoms with Crippen LogP contribution in [-0.2, 0) is 17.5 Å². The van der Waals surface area contributed by atoms with E-state index in [0.29, 0.717) is 11.5 Å². The van der Waals surface area contributed by atoms with Gasteiger partial charge in [-0.1, -0.05) is 0 Å². The Morgan fingerprint density at radius 3 is 2.92 bits per heavy atom. The third-order valence-corrected chi connectivity index (χ3v) is 2.49. The maximum Gasteiger partial charge on any atom is 1.00 e. The fourth-order valence-corrected chi connectivity index (χ4v) is 1.68. The summed E-state index contributed by atoms with van der Waals surface area (Å²) >= 11 is -2.13. The maximum atomic E-state index is 10.6. The minimum Gasteiger partial charge on any atom is -0.768 e. The van der Waals surface area contributed by atoms with E-state index < -0.39 is 11.1 Å². The monoisotopic (exact) mass is 206 g/mol. The van der Waals surface area contributed by atoms with Crippen molar-refractivity contribution in [1.29, 1.82) is 0 Å². The van der Waals surface area contributed by atoms with Crippen molar-refractivity contribution in [2.45, 2.75) is 11.3 Å². The predicted octanol–water partition coefficient (Wildman–Crippen LogP) is -2.14. The van der Waals surface area contributed by atoms with E-state index in [0.717, 1.165) is 17.7 Å². The molecule has 2 rings (SSSR count). The van der Waals surface area contributed by atoms with Crippen molar-refractivity contribution >= 4 is 11.1 Å². The third-order valence-electron chi connectivity index (χ3n) is 1.85. The normalized spacial score (nSPS) is 15.5. The zero-order valence-electron chi connectivity index (χ0n) is 7.28. The van der Waals surface area contributed by atoms with E-state index in [1.54, 1.807) is 18.2 Å². The van der Waals surface area contributed by atoms with Crippen LogP contribution in [0, 0.1) is 0 Å².